The molecule has 0 spiro atoms. The highest BCUT2D eigenvalue weighted by molar-refractivity contribution is 5.33. The van der Waals surface area contributed by atoms with Crippen LogP contribution >= 0.6 is 0 Å². The minimum atomic E-state index is -0.495. The molecule has 1 heterocycles. The molecule has 2 nitrogen and oxygen atoms in total. The van der Waals surface area contributed by atoms with Crippen molar-refractivity contribution in [3.8, 4) is 0 Å². The van der Waals surface area contributed by atoms with E-state index in [1.165, 1.54) is 11.1 Å². The molecule has 0 radical (unpaired) electrons. The fraction of sp³-hybridized carbons (Fsp3) is 0.667. The smallest absolute Gasteiger partial charge is 0.0895 e. The van der Waals surface area contributed by atoms with Gasteiger partial charge in [-0.15, -0.1) is 0 Å². The molecule has 0 aromatic rings. The second-order valence-electron chi connectivity index (χ2n) is 3.96. The largest absolute Gasteiger partial charge is 0.391 e. The third kappa shape index (κ3) is 3.34. The van der Waals surface area contributed by atoms with Crippen molar-refractivity contribution in [2.24, 2.45) is 0 Å². The molecular formula is C12H20FNO. The molecule has 1 aliphatic heterocycles. The van der Waals surface area contributed by atoms with Gasteiger partial charge in [-0.3, -0.25) is 4.39 Å². The minimum absolute atomic E-state index is 0.0631. The summed E-state index contributed by atoms with van der Waals surface area (Å²) in [5.41, 5.74) is 2.48. The Labute approximate surface area is 90.9 Å². The maximum absolute atomic E-state index is 12.0. The fourth-order valence-corrected chi connectivity index (χ4v) is 1.80. The lowest BCUT2D eigenvalue weighted by atomic mass is 9.96. The maximum atomic E-state index is 12.0. The summed E-state index contributed by atoms with van der Waals surface area (Å²) in [5, 5.41) is 12.9. The molecule has 1 rings (SSSR count). The van der Waals surface area contributed by atoms with E-state index in [0.717, 1.165) is 6.42 Å². The summed E-state index contributed by atoms with van der Waals surface area (Å²) in [7, 11) is 0. The first-order chi connectivity index (χ1) is 7.19. The highest BCUT2D eigenvalue weighted by Crippen LogP contribution is 2.19. The zero-order valence-corrected chi connectivity index (χ0v) is 9.46. The van der Waals surface area contributed by atoms with Crippen molar-refractivity contribution < 1.29 is 9.50 Å². The standard InChI is InChI=1S/C12H20FNO/c1-3-10-8-14-11(7-9(10)2)12(15)5-4-6-13/h7-8,11-12,14-15H,3-6H2,1-2H3. The summed E-state index contributed by atoms with van der Waals surface area (Å²) in [6.45, 7) is 3.79. The van der Waals surface area contributed by atoms with Crippen LogP contribution in [-0.4, -0.2) is 23.9 Å². The summed E-state index contributed by atoms with van der Waals surface area (Å²) in [5.74, 6) is 0. The molecule has 15 heavy (non-hydrogen) atoms. The average molecular weight is 213 g/mol. The van der Waals surface area contributed by atoms with Crippen LogP contribution in [0.4, 0.5) is 4.39 Å². The molecule has 2 atom stereocenters. The van der Waals surface area contributed by atoms with Gasteiger partial charge in [0.15, 0.2) is 0 Å². The predicted octanol–water partition coefficient (Wildman–Crippen LogP) is 2.31. The van der Waals surface area contributed by atoms with Gasteiger partial charge in [0.25, 0.3) is 0 Å². The lowest BCUT2D eigenvalue weighted by Crippen LogP contribution is -2.37. The van der Waals surface area contributed by atoms with E-state index in [9.17, 15) is 9.50 Å². The van der Waals surface area contributed by atoms with Crippen molar-refractivity contribution in [1.82, 2.24) is 5.32 Å². The predicted molar refractivity (Wildman–Crippen MR) is 60.3 cm³/mol. The van der Waals surface area contributed by atoms with Crippen molar-refractivity contribution in [3.05, 3.63) is 23.4 Å². The van der Waals surface area contributed by atoms with E-state index in [1.807, 2.05) is 19.2 Å². The lowest BCUT2D eigenvalue weighted by Gasteiger charge is -2.25. The minimum Gasteiger partial charge on any atom is -0.391 e. The molecule has 1 aliphatic rings. The third-order valence-electron chi connectivity index (χ3n) is 2.82. The average Bonchev–Trinajstić information content (AvgIpc) is 2.25. The van der Waals surface area contributed by atoms with E-state index in [1.54, 1.807) is 0 Å². The number of hydrogen-bond donors (Lipinski definition) is 2. The Bertz CT molecular complexity index is 260. The zero-order chi connectivity index (χ0) is 11.3. The van der Waals surface area contributed by atoms with Gasteiger partial charge in [-0.1, -0.05) is 13.0 Å². The summed E-state index contributed by atoms with van der Waals surface area (Å²) < 4.78 is 12.0. The van der Waals surface area contributed by atoms with E-state index in [0.29, 0.717) is 12.8 Å². The monoisotopic (exact) mass is 213 g/mol. The van der Waals surface area contributed by atoms with Crippen LogP contribution in [0.2, 0.25) is 0 Å². The Morgan fingerprint density at radius 3 is 2.87 bits per heavy atom. The Morgan fingerprint density at radius 1 is 1.60 bits per heavy atom. The van der Waals surface area contributed by atoms with Gasteiger partial charge in [0.05, 0.1) is 18.8 Å². The first-order valence-electron chi connectivity index (χ1n) is 5.57. The van der Waals surface area contributed by atoms with Crippen molar-refractivity contribution in [2.45, 2.75) is 45.3 Å². The van der Waals surface area contributed by atoms with Gasteiger partial charge in [-0.2, -0.15) is 0 Å². The first kappa shape index (κ1) is 12.2. The number of aliphatic hydroxyl groups excluding tert-OH is 1. The molecule has 86 valence electrons. The molecule has 3 heteroatoms. The summed E-state index contributed by atoms with van der Waals surface area (Å²) in [6.07, 6.45) is 5.41. The zero-order valence-electron chi connectivity index (χ0n) is 9.46. The third-order valence-corrected chi connectivity index (χ3v) is 2.82. The van der Waals surface area contributed by atoms with Gasteiger partial charge in [-0.05, 0) is 37.3 Å². The van der Waals surface area contributed by atoms with Crippen molar-refractivity contribution in [1.29, 1.82) is 0 Å². The molecule has 0 aliphatic carbocycles. The van der Waals surface area contributed by atoms with Gasteiger partial charge < -0.3 is 10.4 Å². The summed E-state index contributed by atoms with van der Waals surface area (Å²) in [4.78, 5) is 0. The quantitative estimate of drug-likeness (QED) is 0.734. The number of nitrogens with one attached hydrogen (secondary N) is 1. The van der Waals surface area contributed by atoms with E-state index in [2.05, 4.69) is 12.2 Å². The van der Waals surface area contributed by atoms with Crippen LogP contribution in [-0.2, 0) is 0 Å². The fourth-order valence-electron chi connectivity index (χ4n) is 1.80. The number of dihydropyridines is 1. The topological polar surface area (TPSA) is 32.3 Å². The van der Waals surface area contributed by atoms with Crippen LogP contribution in [0.3, 0.4) is 0 Å². The van der Waals surface area contributed by atoms with Crippen LogP contribution in [0.5, 0.6) is 0 Å². The van der Waals surface area contributed by atoms with Gasteiger partial charge in [0, 0.05) is 6.20 Å². The summed E-state index contributed by atoms with van der Waals surface area (Å²) in [6, 6.07) is -0.0631. The van der Waals surface area contributed by atoms with Crippen molar-refractivity contribution >= 4 is 0 Å². The van der Waals surface area contributed by atoms with Crippen LogP contribution in [0.1, 0.15) is 33.1 Å². The normalized spacial score (nSPS) is 22.8. The summed E-state index contributed by atoms with van der Waals surface area (Å²) >= 11 is 0. The highest BCUT2D eigenvalue weighted by atomic mass is 19.1. The number of aliphatic hydroxyl groups is 1. The Morgan fingerprint density at radius 2 is 2.33 bits per heavy atom. The van der Waals surface area contributed by atoms with E-state index in [-0.39, 0.29) is 12.7 Å². The number of hydrogen-bond acceptors (Lipinski definition) is 2. The molecule has 0 amide bonds. The second-order valence-corrected chi connectivity index (χ2v) is 3.96. The number of rotatable bonds is 5. The Balaban J connectivity index is 2.51. The van der Waals surface area contributed by atoms with Gasteiger partial charge >= 0.3 is 0 Å². The molecule has 0 bridgehead atoms. The molecule has 2 unspecified atom stereocenters. The molecular weight excluding hydrogens is 193 g/mol. The van der Waals surface area contributed by atoms with Crippen LogP contribution in [0, 0.1) is 0 Å². The van der Waals surface area contributed by atoms with Gasteiger partial charge in [-0.25, -0.2) is 0 Å². The Kier molecular flexibility index (Phi) is 4.82. The van der Waals surface area contributed by atoms with Crippen molar-refractivity contribution in [2.75, 3.05) is 6.67 Å². The SMILES string of the molecule is CCC1=CNC(C(O)CCCF)C=C1C. The molecule has 2 N–H and O–H groups in total. The molecule has 0 saturated heterocycles. The van der Waals surface area contributed by atoms with Crippen LogP contribution in [0.15, 0.2) is 23.4 Å². The second kappa shape index (κ2) is 5.91. The first-order valence-corrected chi connectivity index (χ1v) is 5.57. The molecule has 0 aromatic heterocycles. The molecule has 0 aromatic carbocycles. The number of allylic oxidation sites excluding steroid dienone is 2. The van der Waals surface area contributed by atoms with Crippen LogP contribution < -0.4 is 5.32 Å². The van der Waals surface area contributed by atoms with Gasteiger partial charge in [0.2, 0.25) is 0 Å². The maximum Gasteiger partial charge on any atom is 0.0895 e. The number of alkyl halides is 1. The van der Waals surface area contributed by atoms with Gasteiger partial charge in [0.1, 0.15) is 0 Å². The molecule has 0 fully saturated rings. The lowest BCUT2D eigenvalue weighted by molar-refractivity contribution is 0.135. The number of halogens is 1. The van der Waals surface area contributed by atoms with Crippen LogP contribution in [0.25, 0.3) is 0 Å². The van der Waals surface area contributed by atoms with E-state index in [4.69, 9.17) is 0 Å². The van der Waals surface area contributed by atoms with Crippen molar-refractivity contribution in [3.63, 3.8) is 0 Å². The highest BCUT2D eigenvalue weighted by Gasteiger charge is 2.18. The Hall–Kier alpha value is -0.830. The van der Waals surface area contributed by atoms with E-state index >= 15 is 0 Å². The molecule has 0 saturated carbocycles. The van der Waals surface area contributed by atoms with E-state index < -0.39 is 6.10 Å².